The molecule has 180 valence electrons. The van der Waals surface area contributed by atoms with E-state index in [9.17, 15) is 9.59 Å². The van der Waals surface area contributed by atoms with Crippen LogP contribution in [0.3, 0.4) is 0 Å². The number of aryl methyl sites for hydroxylation is 2. The van der Waals surface area contributed by atoms with Crippen molar-refractivity contribution in [2.75, 3.05) is 18.1 Å². The van der Waals surface area contributed by atoms with Crippen molar-refractivity contribution in [2.24, 2.45) is 0 Å². The molecule has 3 rings (SSSR count). The number of ether oxygens (including phenoxy) is 1. The van der Waals surface area contributed by atoms with E-state index in [1.54, 1.807) is 6.07 Å². The van der Waals surface area contributed by atoms with Gasteiger partial charge in [-0.2, -0.15) is 0 Å². The van der Waals surface area contributed by atoms with E-state index in [1.807, 2.05) is 11.0 Å². The third-order valence-corrected chi connectivity index (χ3v) is 7.38. The van der Waals surface area contributed by atoms with Gasteiger partial charge < -0.3 is 14.7 Å². The molecule has 1 aromatic carbocycles. The number of thiophene rings is 1. The Morgan fingerprint density at radius 2 is 1.85 bits per heavy atom. The fourth-order valence-electron chi connectivity index (χ4n) is 4.46. The summed E-state index contributed by atoms with van der Waals surface area (Å²) < 4.78 is 4.97. The molecule has 1 fully saturated rings. The van der Waals surface area contributed by atoms with Crippen LogP contribution in [-0.4, -0.2) is 36.2 Å². The van der Waals surface area contributed by atoms with E-state index in [1.165, 1.54) is 47.5 Å². The Kier molecular flexibility index (Phi) is 10.4. The highest BCUT2D eigenvalue weighted by Crippen LogP contribution is 2.30. The quantitative estimate of drug-likeness (QED) is 0.274. The van der Waals surface area contributed by atoms with Crippen molar-refractivity contribution < 1.29 is 19.4 Å². The van der Waals surface area contributed by atoms with Crippen molar-refractivity contribution in [3.8, 4) is 0 Å². The molecule has 0 spiro atoms. The fourth-order valence-corrected chi connectivity index (χ4v) is 5.40. The van der Waals surface area contributed by atoms with Crippen LogP contribution in [0.5, 0.6) is 0 Å². The van der Waals surface area contributed by atoms with Gasteiger partial charge in [0.2, 0.25) is 5.91 Å². The Hall–Kier alpha value is -2.18. The molecule has 1 atom stereocenters. The van der Waals surface area contributed by atoms with Gasteiger partial charge in [0.15, 0.2) is 0 Å². The van der Waals surface area contributed by atoms with Gasteiger partial charge in [-0.05, 0) is 68.4 Å². The number of carbonyl (C=O) groups is 2. The summed E-state index contributed by atoms with van der Waals surface area (Å²) in [5.41, 5.74) is 2.39. The number of hydrogen-bond donors (Lipinski definition) is 1. The fraction of sp³-hybridized carbons (Fsp3) is 0.556. The molecule has 0 radical (unpaired) electrons. The molecule has 2 aromatic rings. The van der Waals surface area contributed by atoms with E-state index in [4.69, 9.17) is 9.84 Å². The van der Waals surface area contributed by atoms with E-state index in [0.717, 1.165) is 44.2 Å². The van der Waals surface area contributed by atoms with Crippen LogP contribution in [0, 0.1) is 0 Å². The smallest absolute Gasteiger partial charge is 0.348 e. The standard InChI is InChI=1S/C27H37NO4S/c1-2-3-4-5-8-21-11-13-23(14-12-21)28-22(15-18-26(28)30)9-6-7-10-24-16-17-25(33-24)27(31)32-20-19-29/h11-14,16-17,22,29H,2-10,15,18-20H2,1H3. The van der Waals surface area contributed by atoms with Crippen LogP contribution in [0.25, 0.3) is 0 Å². The van der Waals surface area contributed by atoms with Gasteiger partial charge >= 0.3 is 5.97 Å². The number of esters is 1. The highest BCUT2D eigenvalue weighted by molar-refractivity contribution is 7.13. The molecule has 1 N–H and O–H groups in total. The summed E-state index contributed by atoms with van der Waals surface area (Å²) in [7, 11) is 0. The zero-order valence-electron chi connectivity index (χ0n) is 19.8. The van der Waals surface area contributed by atoms with Crippen molar-refractivity contribution >= 4 is 28.9 Å². The molecule has 1 unspecified atom stereocenters. The van der Waals surface area contributed by atoms with E-state index in [0.29, 0.717) is 11.3 Å². The summed E-state index contributed by atoms with van der Waals surface area (Å²) in [6, 6.07) is 12.7. The van der Waals surface area contributed by atoms with Crippen LogP contribution in [0.2, 0.25) is 0 Å². The maximum Gasteiger partial charge on any atom is 0.348 e. The van der Waals surface area contributed by atoms with Crippen molar-refractivity contribution in [1.29, 1.82) is 0 Å². The van der Waals surface area contributed by atoms with Crippen LogP contribution in [0.1, 0.15) is 84.8 Å². The van der Waals surface area contributed by atoms with Gasteiger partial charge in [-0.3, -0.25) is 4.79 Å². The zero-order valence-corrected chi connectivity index (χ0v) is 20.6. The maximum atomic E-state index is 12.6. The van der Waals surface area contributed by atoms with Crippen molar-refractivity contribution in [3.63, 3.8) is 0 Å². The minimum Gasteiger partial charge on any atom is -0.459 e. The summed E-state index contributed by atoms with van der Waals surface area (Å²) >= 11 is 1.46. The van der Waals surface area contributed by atoms with Crippen LogP contribution >= 0.6 is 11.3 Å². The highest BCUT2D eigenvalue weighted by atomic mass is 32.1. The third-order valence-electron chi connectivity index (χ3n) is 6.26. The Balaban J connectivity index is 1.45. The molecule has 1 saturated heterocycles. The molecule has 2 heterocycles. The topological polar surface area (TPSA) is 66.8 Å². The molecule has 6 heteroatoms. The minimum absolute atomic E-state index is 0.0321. The summed E-state index contributed by atoms with van der Waals surface area (Å²) in [5.74, 6) is -0.132. The first kappa shape index (κ1) is 25.4. The first-order valence-electron chi connectivity index (χ1n) is 12.4. The van der Waals surface area contributed by atoms with Crippen LogP contribution in [0.15, 0.2) is 36.4 Å². The van der Waals surface area contributed by atoms with Gasteiger partial charge in [-0.25, -0.2) is 4.79 Å². The Bertz CT molecular complexity index is 877. The van der Waals surface area contributed by atoms with E-state index < -0.39 is 0 Å². The largest absolute Gasteiger partial charge is 0.459 e. The number of aliphatic hydroxyl groups excluding tert-OH is 1. The van der Waals surface area contributed by atoms with Gasteiger partial charge in [0, 0.05) is 23.0 Å². The third kappa shape index (κ3) is 7.68. The summed E-state index contributed by atoms with van der Waals surface area (Å²) in [5, 5.41) is 8.77. The SMILES string of the molecule is CCCCCCc1ccc(N2C(=O)CCC2CCCCc2ccc(C(=O)OCCO)s2)cc1. The molecule has 0 saturated carbocycles. The molecule has 0 bridgehead atoms. The average Bonchev–Trinajstić information content (AvgIpc) is 3.45. The van der Waals surface area contributed by atoms with Crippen molar-refractivity contribution in [2.45, 2.75) is 83.6 Å². The number of benzene rings is 1. The van der Waals surface area contributed by atoms with Gasteiger partial charge in [0.1, 0.15) is 11.5 Å². The number of aliphatic hydroxyl groups is 1. The molecule has 33 heavy (non-hydrogen) atoms. The summed E-state index contributed by atoms with van der Waals surface area (Å²) in [6.07, 6.45) is 11.7. The van der Waals surface area contributed by atoms with Gasteiger partial charge in [-0.15, -0.1) is 11.3 Å². The van der Waals surface area contributed by atoms with Crippen molar-refractivity contribution in [1.82, 2.24) is 0 Å². The van der Waals surface area contributed by atoms with Gasteiger partial charge in [0.05, 0.1) is 6.61 Å². The minimum atomic E-state index is -0.368. The van der Waals surface area contributed by atoms with E-state index >= 15 is 0 Å². The first-order chi connectivity index (χ1) is 16.1. The van der Waals surface area contributed by atoms with Crippen LogP contribution in [0.4, 0.5) is 5.69 Å². The van der Waals surface area contributed by atoms with Gasteiger partial charge in [0.25, 0.3) is 0 Å². The predicted octanol–water partition coefficient (Wildman–Crippen LogP) is 5.93. The Morgan fingerprint density at radius 3 is 2.61 bits per heavy atom. The summed E-state index contributed by atoms with van der Waals surface area (Å²) in [4.78, 5) is 28.2. The predicted molar refractivity (Wildman–Crippen MR) is 134 cm³/mol. The Morgan fingerprint density at radius 1 is 1.06 bits per heavy atom. The number of carbonyl (C=O) groups excluding carboxylic acids is 2. The average molecular weight is 472 g/mol. The molecular weight excluding hydrogens is 434 g/mol. The first-order valence-corrected chi connectivity index (χ1v) is 13.2. The second kappa shape index (κ2) is 13.5. The van der Waals surface area contributed by atoms with Crippen molar-refractivity contribution in [3.05, 3.63) is 51.7 Å². The van der Waals surface area contributed by atoms with Crippen LogP contribution < -0.4 is 4.90 Å². The zero-order chi connectivity index (χ0) is 23.5. The molecule has 5 nitrogen and oxygen atoms in total. The lowest BCUT2D eigenvalue weighted by Crippen LogP contribution is -2.32. The van der Waals surface area contributed by atoms with Crippen LogP contribution in [-0.2, 0) is 22.4 Å². The highest BCUT2D eigenvalue weighted by Gasteiger charge is 2.31. The maximum absolute atomic E-state index is 12.6. The van der Waals surface area contributed by atoms with Gasteiger partial charge in [-0.1, -0.05) is 44.7 Å². The molecule has 1 aliphatic rings. The lowest BCUT2D eigenvalue weighted by atomic mass is 10.0. The lowest BCUT2D eigenvalue weighted by molar-refractivity contribution is -0.117. The molecule has 1 aliphatic heterocycles. The number of rotatable bonds is 14. The monoisotopic (exact) mass is 471 g/mol. The number of amides is 1. The van der Waals surface area contributed by atoms with E-state index in [2.05, 4.69) is 31.2 Å². The summed E-state index contributed by atoms with van der Waals surface area (Å²) in [6.45, 7) is 2.11. The number of nitrogens with zero attached hydrogens (tertiary/aromatic N) is 1. The second-order valence-electron chi connectivity index (χ2n) is 8.80. The number of unbranched alkanes of at least 4 members (excludes halogenated alkanes) is 4. The second-order valence-corrected chi connectivity index (χ2v) is 9.97. The molecule has 1 amide bonds. The molecule has 0 aliphatic carbocycles. The number of hydrogen-bond acceptors (Lipinski definition) is 5. The normalized spacial score (nSPS) is 15.9. The molecule has 1 aromatic heterocycles. The molecular formula is C27H37NO4S. The lowest BCUT2D eigenvalue weighted by Gasteiger charge is -2.25. The number of anilines is 1. The van der Waals surface area contributed by atoms with E-state index in [-0.39, 0.29) is 31.1 Å². The Labute approximate surface area is 201 Å².